The third kappa shape index (κ3) is 1.16. The van der Waals surface area contributed by atoms with Crippen LogP contribution in [0.1, 0.15) is 0 Å². The van der Waals surface area contributed by atoms with Gasteiger partial charge in [0, 0.05) is 0 Å². The third-order valence-corrected chi connectivity index (χ3v) is 2.30. The number of rotatable bonds is 1. The highest BCUT2D eigenvalue weighted by Gasteiger charge is 2.47. The quantitative estimate of drug-likeness (QED) is 0.532. The average Bonchev–Trinajstić information content (AvgIpc) is 2.17. The van der Waals surface area contributed by atoms with Gasteiger partial charge in [-0.15, -0.1) is 0 Å². The monoisotopic (exact) mass is 139 g/mol. The van der Waals surface area contributed by atoms with Gasteiger partial charge in [0.1, 0.15) is 13.2 Å². The Bertz CT molecular complexity index is 79.4. The summed E-state index contributed by atoms with van der Waals surface area (Å²) in [6, 6.07) is 0. The zero-order valence-corrected chi connectivity index (χ0v) is 5.43. The Hall–Kier alpha value is 0.270. The van der Waals surface area contributed by atoms with Crippen LogP contribution in [0.3, 0.4) is 0 Å². The number of hydrogen-bond acceptors (Lipinski definition) is 4. The first kappa shape index (κ1) is 6.39. The van der Waals surface area contributed by atoms with E-state index in [0.29, 0.717) is 13.2 Å². The van der Waals surface area contributed by atoms with E-state index in [1.54, 1.807) is 0 Å². The normalized spacial score (nSPS) is 26.2. The summed E-state index contributed by atoms with van der Waals surface area (Å²) in [6.45, 7) is 0.857. The van der Waals surface area contributed by atoms with Gasteiger partial charge in [-0.05, 0) is 0 Å². The zero-order chi connectivity index (χ0) is 6.04. The van der Waals surface area contributed by atoms with Crippen molar-refractivity contribution in [3.63, 3.8) is 0 Å². The van der Waals surface area contributed by atoms with Gasteiger partial charge in [0.25, 0.3) is 0 Å². The molecule has 1 fully saturated rings. The second kappa shape index (κ2) is 2.25. The summed E-state index contributed by atoms with van der Waals surface area (Å²) in [5.41, 5.74) is 0. The molecule has 0 aromatic rings. The van der Waals surface area contributed by atoms with Crippen molar-refractivity contribution in [1.82, 2.24) is 0 Å². The summed E-state index contributed by atoms with van der Waals surface area (Å²) < 4.78 is 13.9. The first-order valence-corrected chi connectivity index (χ1v) is 3.73. The minimum atomic E-state index is -2.80. The van der Waals surface area contributed by atoms with E-state index in [4.69, 9.17) is 13.9 Å². The Morgan fingerprint density at radius 2 is 2.00 bits per heavy atom. The van der Waals surface area contributed by atoms with Gasteiger partial charge in [-0.25, -0.2) is 0 Å². The van der Waals surface area contributed by atoms with Gasteiger partial charge in [-0.1, -0.05) is 0 Å². The molecule has 1 N–H and O–H groups in total. The van der Waals surface area contributed by atoms with Crippen LogP contribution in [0.2, 0.25) is 0 Å². The lowest BCUT2D eigenvalue weighted by Crippen LogP contribution is -1.91. The van der Waals surface area contributed by atoms with Crippen molar-refractivity contribution in [3.8, 4) is 0 Å². The lowest BCUT2D eigenvalue weighted by molar-refractivity contribution is 0.185. The fourth-order valence-corrected chi connectivity index (χ4v) is 1.34. The van der Waals surface area contributed by atoms with E-state index >= 15 is 0 Å². The van der Waals surface area contributed by atoms with E-state index in [0.717, 1.165) is 0 Å². The molecule has 0 atom stereocenters. The minimum absolute atomic E-state index is 0.429. The Morgan fingerprint density at radius 1 is 1.50 bits per heavy atom. The molecule has 1 rings (SSSR count). The molecule has 5 heteroatoms. The molecule has 4 nitrogen and oxygen atoms in total. The molecular formula is C3H8O4P+. The first-order chi connectivity index (χ1) is 3.77. The highest BCUT2D eigenvalue weighted by Crippen LogP contribution is 2.60. The molecule has 8 heavy (non-hydrogen) atoms. The van der Waals surface area contributed by atoms with Crippen LogP contribution in [-0.4, -0.2) is 25.2 Å². The average molecular weight is 139 g/mol. The maximum absolute atomic E-state index is 8.94. The van der Waals surface area contributed by atoms with Crippen LogP contribution in [0.25, 0.3) is 0 Å². The molecule has 1 aliphatic heterocycles. The fourth-order valence-electron chi connectivity index (χ4n) is 0.448. The van der Waals surface area contributed by atoms with Gasteiger partial charge in [0.2, 0.25) is 0 Å². The van der Waals surface area contributed by atoms with Gasteiger partial charge in [-0.2, -0.15) is 18.5 Å². The van der Waals surface area contributed by atoms with Crippen molar-refractivity contribution in [3.05, 3.63) is 0 Å². The van der Waals surface area contributed by atoms with Gasteiger partial charge < -0.3 is 0 Å². The van der Waals surface area contributed by atoms with Crippen LogP contribution >= 0.6 is 8.17 Å². The molecule has 1 heterocycles. The minimum Gasteiger partial charge on any atom is -0.168 e. The molecule has 0 radical (unpaired) electrons. The maximum Gasteiger partial charge on any atom is 0.572 e. The predicted octanol–water partition coefficient (Wildman–Crippen LogP) is 0.349. The fraction of sp³-hybridized carbons (Fsp3) is 1.00. The second-order valence-electron chi connectivity index (χ2n) is 1.32. The van der Waals surface area contributed by atoms with E-state index < -0.39 is 8.17 Å². The largest absolute Gasteiger partial charge is 0.572 e. The Labute approximate surface area is 48.0 Å². The van der Waals surface area contributed by atoms with Crippen LogP contribution in [0.4, 0.5) is 0 Å². The van der Waals surface area contributed by atoms with Crippen LogP contribution in [0.15, 0.2) is 0 Å². The molecule has 1 aliphatic rings. The Morgan fingerprint density at radius 3 is 2.25 bits per heavy atom. The van der Waals surface area contributed by atoms with E-state index in [-0.39, 0.29) is 0 Å². The molecule has 0 aliphatic carbocycles. The molecule has 0 aromatic carbocycles. The van der Waals surface area contributed by atoms with Crippen molar-refractivity contribution in [2.45, 2.75) is 0 Å². The van der Waals surface area contributed by atoms with Gasteiger partial charge >= 0.3 is 8.17 Å². The summed E-state index contributed by atoms with van der Waals surface area (Å²) in [5.74, 6) is 0. The van der Waals surface area contributed by atoms with Crippen LogP contribution in [0, 0.1) is 0 Å². The number of hydrogen-bond donors (Lipinski definition) is 1. The summed E-state index contributed by atoms with van der Waals surface area (Å²) in [6.07, 6.45) is 0. The molecule has 48 valence electrons. The third-order valence-electron chi connectivity index (χ3n) is 0.823. The zero-order valence-electron chi connectivity index (χ0n) is 4.53. The second-order valence-corrected chi connectivity index (χ2v) is 3.14. The molecular weight excluding hydrogens is 131 g/mol. The molecule has 0 aromatic heterocycles. The smallest absolute Gasteiger partial charge is 0.168 e. The van der Waals surface area contributed by atoms with E-state index in [1.807, 2.05) is 0 Å². The Kier molecular flexibility index (Phi) is 1.80. The topological polar surface area (TPSA) is 47.9 Å². The van der Waals surface area contributed by atoms with E-state index in [9.17, 15) is 0 Å². The molecule has 0 unspecified atom stereocenters. The van der Waals surface area contributed by atoms with Crippen molar-refractivity contribution in [2.75, 3.05) is 20.3 Å². The first-order valence-electron chi connectivity index (χ1n) is 2.23. The van der Waals surface area contributed by atoms with E-state index in [1.165, 1.54) is 7.11 Å². The molecule has 1 saturated heterocycles. The summed E-state index contributed by atoms with van der Waals surface area (Å²) in [5, 5.41) is 0. The highest BCUT2D eigenvalue weighted by atomic mass is 31.2. The molecule has 0 bridgehead atoms. The summed E-state index contributed by atoms with van der Waals surface area (Å²) in [4.78, 5) is 8.94. The maximum atomic E-state index is 8.94. The van der Waals surface area contributed by atoms with Gasteiger partial charge in [0.05, 0.1) is 7.11 Å². The summed E-state index contributed by atoms with van der Waals surface area (Å²) >= 11 is 0. The molecule has 0 spiro atoms. The SMILES string of the molecule is CO[P+]1(O)OCCO1. The van der Waals surface area contributed by atoms with Crippen LogP contribution in [0.5, 0.6) is 0 Å². The molecule has 0 saturated carbocycles. The van der Waals surface area contributed by atoms with Crippen LogP contribution in [-0.2, 0) is 13.6 Å². The lowest BCUT2D eigenvalue weighted by atomic mass is 10.8. The molecule has 0 amide bonds. The Balaban J connectivity index is 2.40. The van der Waals surface area contributed by atoms with Gasteiger partial charge in [-0.3, -0.25) is 0 Å². The van der Waals surface area contributed by atoms with Crippen molar-refractivity contribution < 1.29 is 18.5 Å². The van der Waals surface area contributed by atoms with Crippen LogP contribution < -0.4 is 0 Å². The van der Waals surface area contributed by atoms with E-state index in [2.05, 4.69) is 4.52 Å². The highest BCUT2D eigenvalue weighted by molar-refractivity contribution is 7.55. The van der Waals surface area contributed by atoms with Crippen molar-refractivity contribution in [2.24, 2.45) is 0 Å². The van der Waals surface area contributed by atoms with Crippen molar-refractivity contribution in [1.29, 1.82) is 0 Å². The van der Waals surface area contributed by atoms with Gasteiger partial charge in [0.15, 0.2) is 0 Å². The summed E-state index contributed by atoms with van der Waals surface area (Å²) in [7, 11) is -1.44. The lowest BCUT2D eigenvalue weighted by Gasteiger charge is -2.00. The standard InChI is InChI=1S/C3H8O4P/c1-5-8(4)6-2-3-7-8/h4H,2-3H2,1H3/q+1. The predicted molar refractivity (Wildman–Crippen MR) is 28.1 cm³/mol. The van der Waals surface area contributed by atoms with Crippen molar-refractivity contribution >= 4 is 8.17 Å².